The van der Waals surface area contributed by atoms with Crippen molar-refractivity contribution in [1.29, 1.82) is 0 Å². The third-order valence-electron chi connectivity index (χ3n) is 2.24. The third-order valence-corrected chi connectivity index (χ3v) is 2.50. The summed E-state index contributed by atoms with van der Waals surface area (Å²) in [6, 6.07) is 6.99. The van der Waals surface area contributed by atoms with Gasteiger partial charge in [0.1, 0.15) is 0 Å². The van der Waals surface area contributed by atoms with E-state index in [1.807, 2.05) is 0 Å². The minimum atomic E-state index is 0.0705. The highest BCUT2D eigenvalue weighted by atomic mass is 35.5. The van der Waals surface area contributed by atoms with Gasteiger partial charge >= 0.3 is 0 Å². The van der Waals surface area contributed by atoms with Crippen LogP contribution in [0.2, 0.25) is 5.02 Å². The average molecular weight is 193 g/mol. The number of ketones is 1. The van der Waals surface area contributed by atoms with Gasteiger partial charge in [-0.25, -0.2) is 0 Å². The fourth-order valence-corrected chi connectivity index (χ4v) is 1.42. The van der Waals surface area contributed by atoms with Crippen molar-refractivity contribution in [3.8, 4) is 0 Å². The summed E-state index contributed by atoms with van der Waals surface area (Å²) >= 11 is 5.71. The molecule has 1 aromatic rings. The zero-order valence-corrected chi connectivity index (χ0v) is 7.84. The number of allylic oxidation sites excluding steroid dienone is 1. The zero-order valence-electron chi connectivity index (χ0n) is 7.09. The molecule has 2 rings (SSSR count). The molecular weight excluding hydrogens is 184 g/mol. The van der Waals surface area contributed by atoms with Gasteiger partial charge in [-0.15, -0.1) is 0 Å². The van der Waals surface area contributed by atoms with Crippen molar-refractivity contribution < 1.29 is 4.79 Å². The largest absolute Gasteiger partial charge is 0.293 e. The van der Waals surface area contributed by atoms with E-state index in [2.05, 4.69) is 6.58 Å². The average Bonchev–Trinajstić information content (AvgIpc) is 2.83. The first-order valence-electron chi connectivity index (χ1n) is 4.16. The highest BCUT2D eigenvalue weighted by Crippen LogP contribution is 2.38. The summed E-state index contributed by atoms with van der Waals surface area (Å²) < 4.78 is 0. The van der Waals surface area contributed by atoms with E-state index >= 15 is 0 Å². The van der Waals surface area contributed by atoms with Gasteiger partial charge in [0.05, 0.1) is 0 Å². The van der Waals surface area contributed by atoms with Gasteiger partial charge in [-0.1, -0.05) is 23.8 Å². The predicted octanol–water partition coefficient (Wildman–Crippen LogP) is 3.10. The lowest BCUT2D eigenvalue weighted by Crippen LogP contribution is -2.00. The van der Waals surface area contributed by atoms with Crippen molar-refractivity contribution in [3.63, 3.8) is 0 Å². The standard InChI is InChI=1S/C11H9ClO/c1-7-6-10(7)11(13)8-2-4-9(12)5-3-8/h2-5,10H,1,6H2. The SMILES string of the molecule is C=C1CC1C(=O)c1ccc(Cl)cc1. The van der Waals surface area contributed by atoms with Crippen molar-refractivity contribution in [2.24, 2.45) is 5.92 Å². The highest BCUT2D eigenvalue weighted by molar-refractivity contribution is 6.30. The Kier molecular flexibility index (Phi) is 1.97. The number of benzene rings is 1. The summed E-state index contributed by atoms with van der Waals surface area (Å²) in [6.07, 6.45) is 0.849. The Morgan fingerprint density at radius 1 is 1.38 bits per heavy atom. The van der Waals surface area contributed by atoms with Crippen LogP contribution >= 0.6 is 11.6 Å². The van der Waals surface area contributed by atoms with Crippen molar-refractivity contribution in [2.45, 2.75) is 6.42 Å². The van der Waals surface area contributed by atoms with Crippen LogP contribution < -0.4 is 0 Å². The van der Waals surface area contributed by atoms with Crippen molar-refractivity contribution in [1.82, 2.24) is 0 Å². The molecule has 1 aliphatic carbocycles. The minimum absolute atomic E-state index is 0.0705. The molecule has 0 aliphatic heterocycles. The summed E-state index contributed by atoms with van der Waals surface area (Å²) in [6.45, 7) is 3.77. The topological polar surface area (TPSA) is 17.1 Å². The maximum absolute atomic E-state index is 11.6. The Hall–Kier alpha value is -1.08. The number of Topliss-reactive ketones (excluding diaryl/α,β-unsaturated/α-hetero) is 1. The molecule has 1 fully saturated rings. The van der Waals surface area contributed by atoms with Crippen LogP contribution in [0.4, 0.5) is 0 Å². The summed E-state index contributed by atoms with van der Waals surface area (Å²) in [7, 11) is 0. The van der Waals surface area contributed by atoms with E-state index in [0.717, 1.165) is 17.6 Å². The van der Waals surface area contributed by atoms with E-state index in [4.69, 9.17) is 11.6 Å². The van der Waals surface area contributed by atoms with Crippen molar-refractivity contribution in [3.05, 3.63) is 47.0 Å². The molecule has 1 unspecified atom stereocenters. The Morgan fingerprint density at radius 3 is 2.38 bits per heavy atom. The first-order valence-corrected chi connectivity index (χ1v) is 4.54. The van der Waals surface area contributed by atoms with Crippen LogP contribution in [0.3, 0.4) is 0 Å². The normalized spacial score (nSPS) is 20.1. The van der Waals surface area contributed by atoms with Gasteiger partial charge in [0, 0.05) is 16.5 Å². The van der Waals surface area contributed by atoms with Crippen LogP contribution in [0.15, 0.2) is 36.4 Å². The molecule has 0 N–H and O–H groups in total. The molecule has 1 saturated carbocycles. The number of hydrogen-bond acceptors (Lipinski definition) is 1. The lowest BCUT2D eigenvalue weighted by Gasteiger charge is -1.97. The molecule has 0 amide bonds. The van der Waals surface area contributed by atoms with Gasteiger partial charge in [-0.2, -0.15) is 0 Å². The van der Waals surface area contributed by atoms with Crippen LogP contribution in [0.5, 0.6) is 0 Å². The molecule has 0 bridgehead atoms. The van der Waals surface area contributed by atoms with Crippen LogP contribution in [-0.2, 0) is 0 Å². The lowest BCUT2D eigenvalue weighted by atomic mass is 10.1. The van der Waals surface area contributed by atoms with Gasteiger partial charge in [0.2, 0.25) is 0 Å². The van der Waals surface area contributed by atoms with E-state index in [1.165, 1.54) is 0 Å². The summed E-state index contributed by atoms with van der Waals surface area (Å²) in [4.78, 5) is 11.6. The van der Waals surface area contributed by atoms with E-state index in [9.17, 15) is 4.79 Å². The summed E-state index contributed by atoms with van der Waals surface area (Å²) in [5.41, 5.74) is 1.77. The summed E-state index contributed by atoms with van der Waals surface area (Å²) in [5, 5.41) is 0.658. The van der Waals surface area contributed by atoms with Crippen LogP contribution in [-0.4, -0.2) is 5.78 Å². The van der Waals surface area contributed by atoms with Gasteiger partial charge in [-0.3, -0.25) is 4.79 Å². The second-order valence-electron chi connectivity index (χ2n) is 3.29. The molecule has 2 heteroatoms. The fourth-order valence-electron chi connectivity index (χ4n) is 1.30. The van der Waals surface area contributed by atoms with Crippen molar-refractivity contribution >= 4 is 17.4 Å². The molecule has 13 heavy (non-hydrogen) atoms. The van der Waals surface area contributed by atoms with Crippen LogP contribution in [0.25, 0.3) is 0 Å². The number of halogens is 1. The molecular formula is C11H9ClO. The molecule has 0 radical (unpaired) electrons. The quantitative estimate of drug-likeness (QED) is 0.520. The Morgan fingerprint density at radius 2 is 1.92 bits per heavy atom. The second kappa shape index (κ2) is 3.00. The molecule has 1 aromatic carbocycles. The molecule has 1 aliphatic rings. The Labute approximate surface area is 82.0 Å². The van der Waals surface area contributed by atoms with Gasteiger partial charge in [0.25, 0.3) is 0 Å². The summed E-state index contributed by atoms with van der Waals surface area (Å²) in [5.74, 6) is 0.239. The Bertz CT molecular complexity index is 364. The smallest absolute Gasteiger partial charge is 0.170 e. The molecule has 1 atom stereocenters. The molecule has 1 nitrogen and oxygen atoms in total. The van der Waals surface area contributed by atoms with Crippen LogP contribution in [0, 0.1) is 5.92 Å². The first kappa shape index (κ1) is 8.52. The number of carbonyl (C=O) groups excluding carboxylic acids is 1. The Balaban J connectivity index is 2.21. The highest BCUT2D eigenvalue weighted by Gasteiger charge is 2.34. The third kappa shape index (κ3) is 1.65. The predicted molar refractivity (Wildman–Crippen MR) is 53.0 cm³/mol. The maximum atomic E-state index is 11.6. The number of carbonyl (C=O) groups is 1. The van der Waals surface area contributed by atoms with E-state index < -0.39 is 0 Å². The van der Waals surface area contributed by atoms with Gasteiger partial charge in [-0.05, 0) is 30.7 Å². The van der Waals surface area contributed by atoms with Crippen molar-refractivity contribution in [2.75, 3.05) is 0 Å². The van der Waals surface area contributed by atoms with Gasteiger partial charge in [0.15, 0.2) is 5.78 Å². The van der Waals surface area contributed by atoms with E-state index in [1.54, 1.807) is 24.3 Å². The molecule has 0 saturated heterocycles. The molecule has 66 valence electrons. The van der Waals surface area contributed by atoms with E-state index in [-0.39, 0.29) is 11.7 Å². The minimum Gasteiger partial charge on any atom is -0.293 e. The molecule has 0 spiro atoms. The number of rotatable bonds is 2. The first-order chi connectivity index (χ1) is 6.18. The maximum Gasteiger partial charge on any atom is 0.170 e. The lowest BCUT2D eigenvalue weighted by molar-refractivity contribution is 0.0972. The van der Waals surface area contributed by atoms with Gasteiger partial charge < -0.3 is 0 Å². The number of hydrogen-bond donors (Lipinski definition) is 0. The van der Waals surface area contributed by atoms with Crippen LogP contribution in [0.1, 0.15) is 16.8 Å². The fraction of sp³-hybridized carbons (Fsp3) is 0.182. The van der Waals surface area contributed by atoms with E-state index in [0.29, 0.717) is 5.02 Å². The second-order valence-corrected chi connectivity index (χ2v) is 3.72. The monoisotopic (exact) mass is 192 g/mol. The zero-order chi connectivity index (χ0) is 9.42. The molecule has 0 heterocycles. The molecule has 0 aromatic heterocycles.